The summed E-state index contributed by atoms with van der Waals surface area (Å²) in [5, 5.41) is 0. The first-order valence-electron chi connectivity index (χ1n) is 5.94. The molecule has 1 aliphatic rings. The van der Waals surface area contributed by atoms with Crippen LogP contribution in [0.15, 0.2) is 35.2 Å². The molecule has 4 nitrogen and oxygen atoms in total. The Hall–Kier alpha value is -1.84. The van der Waals surface area contributed by atoms with E-state index in [1.54, 1.807) is 12.1 Å². The molecule has 0 aromatic carbocycles. The van der Waals surface area contributed by atoms with Gasteiger partial charge in [-0.15, -0.1) is 0 Å². The third-order valence-corrected chi connectivity index (χ3v) is 3.37. The Labute approximate surface area is 106 Å². The molecule has 18 heavy (non-hydrogen) atoms. The highest BCUT2D eigenvalue weighted by molar-refractivity contribution is 5.96. The molecule has 4 heteroatoms. The molecule has 0 unspecified atom stereocenters. The van der Waals surface area contributed by atoms with Gasteiger partial charge < -0.3 is 9.15 Å². The number of allylic oxidation sites excluding steroid dienone is 2. The molecule has 1 aromatic rings. The van der Waals surface area contributed by atoms with E-state index in [9.17, 15) is 9.59 Å². The fraction of sp³-hybridized carbons (Fsp3) is 0.429. The molecule has 1 heterocycles. The average Bonchev–Trinajstić information content (AvgIpc) is 2.83. The van der Waals surface area contributed by atoms with E-state index in [1.165, 1.54) is 19.5 Å². The van der Waals surface area contributed by atoms with Gasteiger partial charge in [-0.3, -0.25) is 9.59 Å². The van der Waals surface area contributed by atoms with Crippen LogP contribution in [0, 0.1) is 5.41 Å². The summed E-state index contributed by atoms with van der Waals surface area (Å²) in [5.74, 6) is -0.411. The minimum absolute atomic E-state index is 0.0128. The van der Waals surface area contributed by atoms with Crippen molar-refractivity contribution < 1.29 is 18.7 Å². The first kappa shape index (κ1) is 12.6. The summed E-state index contributed by atoms with van der Waals surface area (Å²) in [6.07, 6.45) is 7.32. The zero-order valence-electron chi connectivity index (χ0n) is 10.5. The van der Waals surface area contributed by atoms with E-state index in [4.69, 9.17) is 9.15 Å². The molecular weight excluding hydrogens is 232 g/mol. The van der Waals surface area contributed by atoms with Crippen molar-refractivity contribution in [2.45, 2.75) is 32.8 Å². The highest BCUT2D eigenvalue weighted by Crippen LogP contribution is 2.43. The quantitative estimate of drug-likeness (QED) is 0.772. The number of carbonyl (C=O) groups excluding carboxylic acids is 2. The predicted octanol–water partition coefficient (Wildman–Crippen LogP) is 2.81. The second-order valence-electron chi connectivity index (χ2n) is 4.77. The molecule has 0 saturated heterocycles. The molecule has 0 amide bonds. The highest BCUT2D eigenvalue weighted by atomic mass is 16.5. The summed E-state index contributed by atoms with van der Waals surface area (Å²) in [6, 6.07) is 1.73. The molecule has 0 radical (unpaired) electrons. The normalized spacial score (nSPS) is 24.9. The van der Waals surface area contributed by atoms with Crippen molar-refractivity contribution in [1.29, 1.82) is 0 Å². The smallest absolute Gasteiger partial charge is 0.303 e. The molecule has 0 aliphatic heterocycles. The highest BCUT2D eigenvalue weighted by Gasteiger charge is 2.44. The Bertz CT molecular complexity index is 472. The van der Waals surface area contributed by atoms with Crippen molar-refractivity contribution in [2.75, 3.05) is 0 Å². The van der Waals surface area contributed by atoms with Gasteiger partial charge in [0.25, 0.3) is 0 Å². The van der Waals surface area contributed by atoms with Crippen LogP contribution in [0.25, 0.3) is 0 Å². The van der Waals surface area contributed by atoms with Crippen molar-refractivity contribution in [3.05, 3.63) is 36.3 Å². The van der Waals surface area contributed by atoms with E-state index < -0.39 is 17.5 Å². The SMILES string of the molecule is CC(=O)O[C@@H](c1ccoc1)[C@]1(C)CCC=CC1=O. The molecule has 0 bridgehead atoms. The van der Waals surface area contributed by atoms with Gasteiger partial charge in [-0.05, 0) is 31.9 Å². The first-order valence-corrected chi connectivity index (χ1v) is 5.94. The number of ketones is 1. The largest absolute Gasteiger partial charge is 0.472 e. The lowest BCUT2D eigenvalue weighted by molar-refractivity contribution is -0.157. The van der Waals surface area contributed by atoms with Gasteiger partial charge in [-0.1, -0.05) is 6.08 Å². The molecule has 96 valence electrons. The number of esters is 1. The lowest BCUT2D eigenvalue weighted by atomic mass is 9.71. The number of rotatable bonds is 3. The van der Waals surface area contributed by atoms with E-state index in [1.807, 2.05) is 13.0 Å². The molecule has 0 fully saturated rings. The van der Waals surface area contributed by atoms with Crippen molar-refractivity contribution in [3.63, 3.8) is 0 Å². The van der Waals surface area contributed by atoms with Gasteiger partial charge in [0.1, 0.15) is 6.10 Å². The standard InChI is InChI=1S/C14H16O4/c1-10(15)18-13(11-6-8-17-9-11)14(2)7-4-3-5-12(14)16/h3,5-6,8-9,13H,4,7H2,1-2H3/t13-,14+/m0/s1. The van der Waals surface area contributed by atoms with E-state index in [0.29, 0.717) is 6.42 Å². The molecule has 2 atom stereocenters. The summed E-state index contributed by atoms with van der Waals surface area (Å²) in [6.45, 7) is 3.18. The van der Waals surface area contributed by atoms with Crippen LogP contribution in [0.5, 0.6) is 0 Å². The summed E-state index contributed by atoms with van der Waals surface area (Å²) in [5.41, 5.74) is 0.000880. The van der Waals surface area contributed by atoms with Crippen molar-refractivity contribution >= 4 is 11.8 Å². The fourth-order valence-electron chi connectivity index (χ4n) is 2.30. The summed E-state index contributed by atoms with van der Waals surface area (Å²) in [4.78, 5) is 23.4. The minimum Gasteiger partial charge on any atom is -0.472 e. The van der Waals surface area contributed by atoms with Crippen LogP contribution in [0.1, 0.15) is 38.4 Å². The van der Waals surface area contributed by atoms with Gasteiger partial charge in [-0.2, -0.15) is 0 Å². The molecule has 1 aliphatic carbocycles. The van der Waals surface area contributed by atoms with E-state index in [-0.39, 0.29) is 5.78 Å². The van der Waals surface area contributed by atoms with Crippen molar-refractivity contribution in [1.82, 2.24) is 0 Å². The van der Waals surface area contributed by atoms with Gasteiger partial charge >= 0.3 is 5.97 Å². The van der Waals surface area contributed by atoms with Crippen LogP contribution in [0.4, 0.5) is 0 Å². The Balaban J connectivity index is 2.37. The maximum Gasteiger partial charge on any atom is 0.303 e. The van der Waals surface area contributed by atoms with Gasteiger partial charge in [0.2, 0.25) is 0 Å². The summed E-state index contributed by atoms with van der Waals surface area (Å²) in [7, 11) is 0. The van der Waals surface area contributed by atoms with E-state index >= 15 is 0 Å². The zero-order chi connectivity index (χ0) is 13.2. The summed E-state index contributed by atoms with van der Waals surface area (Å²) < 4.78 is 10.4. The third-order valence-electron chi connectivity index (χ3n) is 3.37. The number of furan rings is 1. The average molecular weight is 248 g/mol. The first-order chi connectivity index (χ1) is 8.54. The number of hydrogen-bond donors (Lipinski definition) is 0. The second kappa shape index (κ2) is 4.80. The number of carbonyl (C=O) groups is 2. The summed E-state index contributed by atoms with van der Waals surface area (Å²) >= 11 is 0. The van der Waals surface area contributed by atoms with E-state index in [2.05, 4.69) is 0 Å². The van der Waals surface area contributed by atoms with Crippen molar-refractivity contribution in [3.8, 4) is 0 Å². The maximum atomic E-state index is 12.1. The second-order valence-corrected chi connectivity index (χ2v) is 4.77. The monoisotopic (exact) mass is 248 g/mol. The van der Waals surface area contributed by atoms with E-state index in [0.717, 1.165) is 12.0 Å². The predicted molar refractivity (Wildman–Crippen MR) is 64.7 cm³/mol. The Morgan fingerprint density at radius 3 is 2.89 bits per heavy atom. The lowest BCUT2D eigenvalue weighted by Crippen LogP contribution is -2.37. The number of ether oxygens (including phenoxy) is 1. The van der Waals surface area contributed by atoms with Gasteiger partial charge in [-0.25, -0.2) is 0 Å². The van der Waals surface area contributed by atoms with Gasteiger partial charge in [0, 0.05) is 12.5 Å². The zero-order valence-corrected chi connectivity index (χ0v) is 10.5. The van der Waals surface area contributed by atoms with Crippen LogP contribution in [-0.4, -0.2) is 11.8 Å². The van der Waals surface area contributed by atoms with Crippen LogP contribution >= 0.6 is 0 Å². The fourth-order valence-corrected chi connectivity index (χ4v) is 2.30. The lowest BCUT2D eigenvalue weighted by Gasteiger charge is -2.35. The van der Waals surface area contributed by atoms with Crippen LogP contribution in [0.2, 0.25) is 0 Å². The molecular formula is C14H16O4. The third kappa shape index (κ3) is 2.23. The van der Waals surface area contributed by atoms with Gasteiger partial charge in [0.05, 0.1) is 17.9 Å². The molecule has 2 rings (SSSR count). The Morgan fingerprint density at radius 2 is 2.33 bits per heavy atom. The molecule has 0 spiro atoms. The number of hydrogen-bond acceptors (Lipinski definition) is 4. The Kier molecular flexibility index (Phi) is 3.36. The van der Waals surface area contributed by atoms with Crippen LogP contribution in [0.3, 0.4) is 0 Å². The van der Waals surface area contributed by atoms with Crippen molar-refractivity contribution in [2.24, 2.45) is 5.41 Å². The topological polar surface area (TPSA) is 56.5 Å². The molecule has 0 N–H and O–H groups in total. The van der Waals surface area contributed by atoms with Crippen LogP contribution < -0.4 is 0 Å². The van der Waals surface area contributed by atoms with Gasteiger partial charge in [0.15, 0.2) is 5.78 Å². The maximum absolute atomic E-state index is 12.1. The Morgan fingerprint density at radius 1 is 1.56 bits per heavy atom. The molecule has 1 aromatic heterocycles. The minimum atomic E-state index is -0.718. The van der Waals surface area contributed by atoms with Crippen LogP contribution in [-0.2, 0) is 14.3 Å². The molecule has 0 saturated carbocycles.